The van der Waals surface area contributed by atoms with Crippen LogP contribution >= 0.6 is 0 Å². The van der Waals surface area contributed by atoms with E-state index in [0.717, 1.165) is 18.6 Å². The third-order valence-electron chi connectivity index (χ3n) is 5.51. The highest BCUT2D eigenvalue weighted by molar-refractivity contribution is 7.89. The zero-order chi connectivity index (χ0) is 22.3. The third kappa shape index (κ3) is 3.72. The molecule has 1 fully saturated rings. The summed E-state index contributed by atoms with van der Waals surface area (Å²) in [6.07, 6.45) is 0.760. The van der Waals surface area contributed by atoms with Crippen LogP contribution in [0.25, 0.3) is 11.0 Å². The van der Waals surface area contributed by atoms with Crippen molar-refractivity contribution in [2.45, 2.75) is 31.7 Å². The van der Waals surface area contributed by atoms with Gasteiger partial charge in [-0.25, -0.2) is 17.8 Å². The van der Waals surface area contributed by atoms with E-state index >= 15 is 0 Å². The van der Waals surface area contributed by atoms with Gasteiger partial charge in [0, 0.05) is 39.8 Å². The van der Waals surface area contributed by atoms with Gasteiger partial charge >= 0.3 is 0 Å². The molecular weight excluding hydrogens is 423 g/mol. The third-order valence-corrected chi connectivity index (χ3v) is 7.42. The lowest BCUT2D eigenvalue weighted by atomic mass is 10.3. The number of halogens is 1. The van der Waals surface area contributed by atoms with Gasteiger partial charge in [0.1, 0.15) is 11.3 Å². The van der Waals surface area contributed by atoms with Gasteiger partial charge in [0.25, 0.3) is 5.56 Å². The number of piperazine rings is 1. The molecule has 1 aliphatic rings. The van der Waals surface area contributed by atoms with Crippen LogP contribution in [0.15, 0.2) is 34.0 Å². The summed E-state index contributed by atoms with van der Waals surface area (Å²) in [7, 11) is -1.98. The summed E-state index contributed by atoms with van der Waals surface area (Å²) in [4.78, 5) is 19.9. The van der Waals surface area contributed by atoms with Crippen molar-refractivity contribution < 1.29 is 12.8 Å². The predicted octanol–water partition coefficient (Wildman–Crippen LogP) is 1.50. The molecule has 0 aliphatic carbocycles. The maximum Gasteiger partial charge on any atom is 0.281 e. The molecule has 0 atom stereocenters. The number of benzene rings is 1. The van der Waals surface area contributed by atoms with E-state index in [2.05, 4.69) is 5.10 Å². The van der Waals surface area contributed by atoms with E-state index in [1.807, 2.05) is 18.7 Å². The highest BCUT2D eigenvalue weighted by Gasteiger charge is 2.30. The SMILES string of the molecule is CCCn1c(N2CCN(S(=O)(=O)c3ccc(F)cc3)CC2)nc2c(C)nn(C)c2c1=O. The van der Waals surface area contributed by atoms with Crippen LogP contribution < -0.4 is 10.5 Å². The Morgan fingerprint density at radius 2 is 1.74 bits per heavy atom. The van der Waals surface area contributed by atoms with Gasteiger partial charge in [-0.1, -0.05) is 6.92 Å². The maximum atomic E-state index is 13.2. The second-order valence-corrected chi connectivity index (χ2v) is 9.56. The van der Waals surface area contributed by atoms with Crippen LogP contribution in [0.1, 0.15) is 19.0 Å². The fraction of sp³-hybridized carbons (Fsp3) is 0.450. The number of sulfonamides is 1. The lowest BCUT2D eigenvalue weighted by Gasteiger charge is -2.35. The molecule has 1 aromatic carbocycles. The van der Waals surface area contributed by atoms with Crippen LogP contribution in [-0.4, -0.2) is 58.2 Å². The van der Waals surface area contributed by atoms with E-state index in [1.54, 1.807) is 16.3 Å². The van der Waals surface area contributed by atoms with E-state index in [0.29, 0.717) is 42.3 Å². The molecule has 1 aliphatic heterocycles. The Balaban J connectivity index is 1.64. The van der Waals surface area contributed by atoms with Crippen molar-refractivity contribution in [2.24, 2.45) is 7.05 Å². The molecular formula is C20H25FN6O3S. The van der Waals surface area contributed by atoms with Gasteiger partial charge in [0.05, 0.1) is 10.6 Å². The van der Waals surface area contributed by atoms with Gasteiger partial charge in [0.15, 0.2) is 5.52 Å². The normalized spacial score (nSPS) is 15.7. The van der Waals surface area contributed by atoms with E-state index in [4.69, 9.17) is 4.98 Å². The first kappa shape index (κ1) is 21.4. The molecule has 0 spiro atoms. The molecule has 0 bridgehead atoms. The first-order chi connectivity index (χ1) is 14.7. The monoisotopic (exact) mass is 448 g/mol. The van der Waals surface area contributed by atoms with Crippen LogP contribution in [0.4, 0.5) is 10.3 Å². The van der Waals surface area contributed by atoms with Crippen molar-refractivity contribution in [3.8, 4) is 0 Å². The summed E-state index contributed by atoms with van der Waals surface area (Å²) >= 11 is 0. The van der Waals surface area contributed by atoms with Crippen molar-refractivity contribution in [1.29, 1.82) is 0 Å². The van der Waals surface area contributed by atoms with Gasteiger partial charge in [-0.05, 0) is 37.6 Å². The van der Waals surface area contributed by atoms with Crippen molar-refractivity contribution in [3.63, 3.8) is 0 Å². The number of aromatic nitrogens is 4. The van der Waals surface area contributed by atoms with Crippen molar-refractivity contribution in [1.82, 2.24) is 23.6 Å². The Morgan fingerprint density at radius 3 is 2.35 bits per heavy atom. The van der Waals surface area contributed by atoms with Crippen LogP contribution in [0.3, 0.4) is 0 Å². The quantitative estimate of drug-likeness (QED) is 0.587. The van der Waals surface area contributed by atoms with E-state index in [1.165, 1.54) is 16.4 Å². The molecule has 166 valence electrons. The van der Waals surface area contributed by atoms with E-state index in [-0.39, 0.29) is 23.5 Å². The number of fused-ring (bicyclic) bond motifs is 1. The molecule has 11 heteroatoms. The predicted molar refractivity (Wildman–Crippen MR) is 115 cm³/mol. The fourth-order valence-corrected chi connectivity index (χ4v) is 5.37. The Labute approximate surface area is 179 Å². The van der Waals surface area contributed by atoms with Crippen LogP contribution in [0.5, 0.6) is 0 Å². The molecule has 1 saturated heterocycles. The van der Waals surface area contributed by atoms with Crippen molar-refractivity contribution in [2.75, 3.05) is 31.1 Å². The van der Waals surface area contributed by atoms with Gasteiger partial charge in [-0.15, -0.1) is 0 Å². The lowest BCUT2D eigenvalue weighted by Crippen LogP contribution is -2.50. The minimum absolute atomic E-state index is 0.0655. The maximum absolute atomic E-state index is 13.2. The highest BCUT2D eigenvalue weighted by Crippen LogP contribution is 2.22. The smallest absolute Gasteiger partial charge is 0.281 e. The average Bonchev–Trinajstić information content (AvgIpc) is 3.04. The number of rotatable bonds is 5. The van der Waals surface area contributed by atoms with Crippen molar-refractivity contribution >= 4 is 27.0 Å². The standard InChI is InChI=1S/C20H25FN6O3S/c1-4-9-27-19(28)18-17(14(2)23-24(18)3)22-20(27)25-10-12-26(13-11-25)31(29,30)16-7-5-15(21)6-8-16/h5-8H,4,9-13H2,1-3H3. The van der Waals surface area contributed by atoms with Gasteiger partial charge in [-0.3, -0.25) is 14.0 Å². The summed E-state index contributed by atoms with van der Waals surface area (Å²) < 4.78 is 43.5. The summed E-state index contributed by atoms with van der Waals surface area (Å²) in [6.45, 7) is 5.58. The van der Waals surface area contributed by atoms with Crippen LogP contribution in [0.2, 0.25) is 0 Å². The van der Waals surface area contributed by atoms with Gasteiger partial charge in [-0.2, -0.15) is 9.40 Å². The molecule has 0 amide bonds. The minimum Gasteiger partial charge on any atom is -0.340 e. The first-order valence-electron chi connectivity index (χ1n) is 10.2. The molecule has 3 heterocycles. The number of hydrogen-bond donors (Lipinski definition) is 0. The number of hydrogen-bond acceptors (Lipinski definition) is 6. The molecule has 0 radical (unpaired) electrons. The molecule has 4 rings (SSSR count). The molecule has 31 heavy (non-hydrogen) atoms. The summed E-state index contributed by atoms with van der Waals surface area (Å²) in [5.74, 6) is 0.0547. The Bertz CT molecular complexity index is 1270. The molecule has 0 unspecified atom stereocenters. The topological polar surface area (TPSA) is 93.3 Å². The molecule has 9 nitrogen and oxygen atoms in total. The Morgan fingerprint density at radius 1 is 1.10 bits per heavy atom. The second kappa shape index (κ2) is 8.04. The fourth-order valence-electron chi connectivity index (χ4n) is 3.95. The molecule has 2 aromatic heterocycles. The second-order valence-electron chi connectivity index (χ2n) is 7.62. The number of anilines is 1. The highest BCUT2D eigenvalue weighted by atomic mass is 32.2. The Hall–Kier alpha value is -2.79. The lowest BCUT2D eigenvalue weighted by molar-refractivity contribution is 0.379. The number of nitrogens with zero attached hydrogens (tertiary/aromatic N) is 6. The molecule has 0 N–H and O–H groups in total. The van der Waals surface area contributed by atoms with E-state index < -0.39 is 15.8 Å². The van der Waals surface area contributed by atoms with Gasteiger partial charge < -0.3 is 4.90 Å². The summed E-state index contributed by atoms with van der Waals surface area (Å²) in [5, 5.41) is 4.33. The average molecular weight is 449 g/mol. The molecule has 3 aromatic rings. The first-order valence-corrected chi connectivity index (χ1v) is 11.6. The van der Waals surface area contributed by atoms with Gasteiger partial charge in [0.2, 0.25) is 16.0 Å². The summed E-state index contributed by atoms with van der Waals surface area (Å²) in [6, 6.07) is 4.83. The molecule has 0 saturated carbocycles. The van der Waals surface area contributed by atoms with E-state index in [9.17, 15) is 17.6 Å². The zero-order valence-electron chi connectivity index (χ0n) is 17.7. The number of aryl methyl sites for hydroxylation is 2. The Kier molecular flexibility index (Phi) is 5.56. The van der Waals surface area contributed by atoms with Crippen LogP contribution in [0, 0.1) is 12.7 Å². The summed E-state index contributed by atoms with van der Waals surface area (Å²) in [5.41, 5.74) is 1.56. The van der Waals surface area contributed by atoms with Crippen LogP contribution in [-0.2, 0) is 23.6 Å². The largest absolute Gasteiger partial charge is 0.340 e. The minimum atomic E-state index is -3.71. The zero-order valence-corrected chi connectivity index (χ0v) is 18.6. The van der Waals surface area contributed by atoms with Crippen molar-refractivity contribution in [3.05, 3.63) is 46.1 Å².